The van der Waals surface area contributed by atoms with Crippen molar-refractivity contribution in [2.45, 2.75) is 36.2 Å². The van der Waals surface area contributed by atoms with Crippen LogP contribution >= 0.6 is 0 Å². The Labute approximate surface area is 134 Å². The van der Waals surface area contributed by atoms with E-state index >= 15 is 0 Å². The predicted octanol–water partition coefficient (Wildman–Crippen LogP) is 0.935. The molecule has 1 atom stereocenters. The number of nitro benzene ring substituents is 1. The predicted molar refractivity (Wildman–Crippen MR) is 82.2 cm³/mol. The number of sulfone groups is 1. The molecule has 1 aromatic carbocycles. The van der Waals surface area contributed by atoms with Crippen molar-refractivity contribution < 1.29 is 21.8 Å². The Morgan fingerprint density at radius 3 is 2.13 bits per heavy atom. The van der Waals surface area contributed by atoms with E-state index in [1.807, 2.05) is 0 Å². The number of hydrogen-bond acceptors (Lipinski definition) is 6. The van der Waals surface area contributed by atoms with Crippen molar-refractivity contribution in [2.75, 3.05) is 11.5 Å². The molecule has 2 fully saturated rings. The van der Waals surface area contributed by atoms with E-state index in [2.05, 4.69) is 0 Å². The molecule has 0 N–H and O–H groups in total. The van der Waals surface area contributed by atoms with Gasteiger partial charge in [0.05, 0.1) is 21.3 Å². The smallest absolute Gasteiger partial charge is 0.258 e. The lowest BCUT2D eigenvalue weighted by molar-refractivity contribution is -0.384. The summed E-state index contributed by atoms with van der Waals surface area (Å²) < 4.78 is 50.4. The highest BCUT2D eigenvalue weighted by molar-refractivity contribution is 7.92. The molecule has 1 aliphatic heterocycles. The fourth-order valence-corrected chi connectivity index (χ4v) is 6.56. The van der Waals surface area contributed by atoms with Crippen LogP contribution in [-0.2, 0) is 19.9 Å². The largest absolute Gasteiger partial charge is 0.269 e. The van der Waals surface area contributed by atoms with Crippen LogP contribution in [-0.4, -0.2) is 49.7 Å². The van der Waals surface area contributed by atoms with E-state index in [0.29, 0.717) is 19.3 Å². The summed E-state index contributed by atoms with van der Waals surface area (Å²) >= 11 is 0. The van der Waals surface area contributed by atoms with Crippen LogP contribution in [0.3, 0.4) is 0 Å². The fourth-order valence-electron chi connectivity index (χ4n) is 2.86. The Kier molecular flexibility index (Phi) is 3.93. The minimum Gasteiger partial charge on any atom is -0.258 e. The summed E-state index contributed by atoms with van der Waals surface area (Å²) in [5.74, 6) is -0.160. The minimum absolute atomic E-state index is 0.00331. The summed E-state index contributed by atoms with van der Waals surface area (Å²) in [6.45, 7) is 0. The van der Waals surface area contributed by atoms with Crippen LogP contribution in [0.4, 0.5) is 5.69 Å². The molecule has 8 nitrogen and oxygen atoms in total. The summed E-state index contributed by atoms with van der Waals surface area (Å²) in [5, 5.41) is 10.7. The van der Waals surface area contributed by atoms with Crippen LogP contribution in [0.1, 0.15) is 19.3 Å². The Balaban J connectivity index is 1.93. The maximum Gasteiger partial charge on any atom is 0.269 e. The van der Waals surface area contributed by atoms with Gasteiger partial charge < -0.3 is 0 Å². The summed E-state index contributed by atoms with van der Waals surface area (Å²) in [7, 11) is -7.07. The van der Waals surface area contributed by atoms with E-state index in [9.17, 15) is 26.9 Å². The monoisotopic (exact) mass is 360 g/mol. The molecule has 1 heterocycles. The van der Waals surface area contributed by atoms with Gasteiger partial charge in [0.2, 0.25) is 10.0 Å². The molecule has 0 bridgehead atoms. The maximum absolute atomic E-state index is 12.9. The summed E-state index contributed by atoms with van der Waals surface area (Å²) in [6.07, 6.45) is 1.72. The normalized spacial score (nSPS) is 24.0. The summed E-state index contributed by atoms with van der Waals surface area (Å²) in [4.78, 5) is 10.0. The van der Waals surface area contributed by atoms with Gasteiger partial charge in [-0.05, 0) is 31.4 Å². The highest BCUT2D eigenvalue weighted by atomic mass is 32.2. The Hall–Kier alpha value is -1.52. The Morgan fingerprint density at radius 2 is 1.70 bits per heavy atom. The van der Waals surface area contributed by atoms with Crippen LogP contribution in [0.25, 0.3) is 0 Å². The SMILES string of the molecule is O=[N+]([O-])c1ccc(S(=O)(=O)N(C2CC2)C2CCS(=O)(=O)C2)cc1. The lowest BCUT2D eigenvalue weighted by Gasteiger charge is -2.27. The third kappa shape index (κ3) is 3.24. The fraction of sp³-hybridized carbons (Fsp3) is 0.538. The third-order valence-electron chi connectivity index (χ3n) is 4.10. The zero-order valence-corrected chi connectivity index (χ0v) is 13.8. The molecule has 0 spiro atoms. The van der Waals surface area contributed by atoms with Crippen LogP contribution in [0.15, 0.2) is 29.2 Å². The van der Waals surface area contributed by atoms with E-state index in [1.165, 1.54) is 16.4 Å². The summed E-state index contributed by atoms with van der Waals surface area (Å²) in [6, 6.07) is 3.96. The zero-order valence-electron chi connectivity index (χ0n) is 12.2. The lowest BCUT2D eigenvalue weighted by atomic mass is 10.2. The topological polar surface area (TPSA) is 115 Å². The Bertz CT molecular complexity index is 828. The van der Waals surface area contributed by atoms with E-state index in [4.69, 9.17) is 0 Å². The first-order chi connectivity index (χ1) is 10.7. The van der Waals surface area contributed by atoms with Crippen LogP contribution in [0.2, 0.25) is 0 Å². The van der Waals surface area contributed by atoms with Crippen molar-refractivity contribution in [1.82, 2.24) is 4.31 Å². The van der Waals surface area contributed by atoms with Crippen LogP contribution in [0.5, 0.6) is 0 Å². The van der Waals surface area contributed by atoms with Crippen molar-refractivity contribution in [3.8, 4) is 0 Å². The average Bonchev–Trinajstić information content (AvgIpc) is 3.23. The molecular weight excluding hydrogens is 344 g/mol. The number of nitrogens with zero attached hydrogens (tertiary/aromatic N) is 2. The summed E-state index contributed by atoms with van der Waals surface area (Å²) in [5.41, 5.74) is -0.189. The van der Waals surface area contributed by atoms with Gasteiger partial charge in [0, 0.05) is 24.2 Å². The van der Waals surface area contributed by atoms with Gasteiger partial charge in [-0.15, -0.1) is 0 Å². The molecule has 1 saturated heterocycles. The Morgan fingerprint density at radius 1 is 1.09 bits per heavy atom. The van der Waals surface area contributed by atoms with Crippen LogP contribution in [0, 0.1) is 10.1 Å². The maximum atomic E-state index is 12.9. The average molecular weight is 360 g/mol. The molecule has 0 aromatic heterocycles. The van der Waals surface area contributed by atoms with Gasteiger partial charge in [0.25, 0.3) is 5.69 Å². The standard InChI is InChI=1S/C13H16N2O6S2/c16-15(17)11-3-5-13(6-4-11)23(20,21)14(10-1-2-10)12-7-8-22(18,19)9-12/h3-6,10,12H,1-2,7-9H2. The van der Waals surface area contributed by atoms with Crippen molar-refractivity contribution in [1.29, 1.82) is 0 Å². The van der Waals surface area contributed by atoms with Crippen LogP contribution < -0.4 is 0 Å². The third-order valence-corrected chi connectivity index (χ3v) is 7.87. The van der Waals surface area contributed by atoms with Gasteiger partial charge in [-0.2, -0.15) is 4.31 Å². The van der Waals surface area contributed by atoms with Gasteiger partial charge in [-0.1, -0.05) is 0 Å². The zero-order chi connectivity index (χ0) is 16.8. The molecule has 126 valence electrons. The first-order valence-corrected chi connectivity index (χ1v) is 10.5. The molecule has 0 amide bonds. The van der Waals surface area contributed by atoms with Gasteiger partial charge in [-0.3, -0.25) is 10.1 Å². The van der Waals surface area contributed by atoms with Crippen molar-refractivity contribution in [2.24, 2.45) is 0 Å². The van der Waals surface area contributed by atoms with Crippen molar-refractivity contribution in [3.63, 3.8) is 0 Å². The molecule has 1 aliphatic carbocycles. The minimum atomic E-state index is -3.87. The molecule has 2 aliphatic rings. The molecule has 1 aromatic rings. The number of benzene rings is 1. The first kappa shape index (κ1) is 16.3. The highest BCUT2D eigenvalue weighted by Crippen LogP contribution is 2.37. The second-order valence-corrected chi connectivity index (χ2v) is 9.95. The quantitative estimate of drug-likeness (QED) is 0.570. The van der Waals surface area contributed by atoms with Gasteiger partial charge in [0.1, 0.15) is 0 Å². The second kappa shape index (κ2) is 5.53. The number of non-ortho nitro benzene ring substituents is 1. The molecule has 3 rings (SSSR count). The van der Waals surface area contributed by atoms with E-state index in [-0.39, 0.29) is 28.1 Å². The molecule has 1 unspecified atom stereocenters. The van der Waals surface area contributed by atoms with Crippen molar-refractivity contribution in [3.05, 3.63) is 34.4 Å². The van der Waals surface area contributed by atoms with Gasteiger partial charge in [-0.25, -0.2) is 16.8 Å². The molecule has 0 radical (unpaired) electrons. The van der Waals surface area contributed by atoms with Gasteiger partial charge in [0.15, 0.2) is 9.84 Å². The number of sulfonamides is 1. The number of nitro groups is 1. The van der Waals surface area contributed by atoms with E-state index in [0.717, 1.165) is 12.1 Å². The molecule has 1 saturated carbocycles. The molecule has 10 heteroatoms. The van der Waals surface area contributed by atoms with E-state index < -0.39 is 30.8 Å². The second-order valence-electron chi connectivity index (χ2n) is 5.87. The molecular formula is C13H16N2O6S2. The van der Waals surface area contributed by atoms with Gasteiger partial charge >= 0.3 is 0 Å². The lowest BCUT2D eigenvalue weighted by Crippen LogP contribution is -2.42. The number of hydrogen-bond donors (Lipinski definition) is 0. The van der Waals surface area contributed by atoms with Crippen molar-refractivity contribution >= 4 is 25.5 Å². The highest BCUT2D eigenvalue weighted by Gasteiger charge is 2.46. The first-order valence-electron chi connectivity index (χ1n) is 7.19. The number of rotatable bonds is 5. The molecule has 23 heavy (non-hydrogen) atoms. The van der Waals surface area contributed by atoms with E-state index in [1.54, 1.807) is 0 Å².